The number of rotatable bonds is 2. The van der Waals surface area contributed by atoms with Gasteiger partial charge in [0.15, 0.2) is 5.84 Å². The topological polar surface area (TPSA) is 49.1 Å². The molecule has 1 aliphatic heterocycles. The molecular weight excluding hydrogens is 196 g/mol. The average molecular weight is 210 g/mol. The second-order valence-electron chi connectivity index (χ2n) is 2.83. The van der Waals surface area contributed by atoms with E-state index in [0.717, 1.165) is 16.6 Å². The molecule has 1 aliphatic rings. The van der Waals surface area contributed by atoms with Crippen LogP contribution in [0.25, 0.3) is 0 Å². The molecule has 0 radical (unpaired) electrons. The molecule has 76 valence electrons. The second-order valence-corrected chi connectivity index (χ2v) is 3.79. The standard InChI is InChI=1S/C9H14N4S/c1-5-14-9(10-4)8-11-6(2)7(3)12-13-8/h5-6H,1H2,2-4H3,(H,11,13)/b10-9-. The Balaban J connectivity index is 2.80. The molecule has 14 heavy (non-hydrogen) atoms. The highest BCUT2D eigenvalue weighted by molar-refractivity contribution is 8.18. The third kappa shape index (κ3) is 2.45. The summed E-state index contributed by atoms with van der Waals surface area (Å²) >= 11 is 1.44. The zero-order valence-corrected chi connectivity index (χ0v) is 9.43. The lowest BCUT2D eigenvalue weighted by Crippen LogP contribution is -2.34. The van der Waals surface area contributed by atoms with Crippen LogP contribution in [0, 0.1) is 0 Å². The predicted octanol–water partition coefficient (Wildman–Crippen LogP) is 1.66. The molecule has 1 rings (SSSR count). The van der Waals surface area contributed by atoms with Crippen LogP contribution in [0.1, 0.15) is 13.8 Å². The van der Waals surface area contributed by atoms with Gasteiger partial charge in [-0.2, -0.15) is 5.10 Å². The number of aliphatic imine (C=N–C) groups is 2. The van der Waals surface area contributed by atoms with Crippen LogP contribution < -0.4 is 5.43 Å². The highest BCUT2D eigenvalue weighted by Crippen LogP contribution is 2.09. The zero-order valence-electron chi connectivity index (χ0n) is 8.61. The van der Waals surface area contributed by atoms with Gasteiger partial charge in [-0.05, 0) is 19.3 Å². The molecule has 0 bridgehead atoms. The van der Waals surface area contributed by atoms with Crippen LogP contribution in [-0.2, 0) is 0 Å². The highest BCUT2D eigenvalue weighted by atomic mass is 32.2. The Labute approximate surface area is 88.3 Å². The first-order valence-corrected chi connectivity index (χ1v) is 5.19. The van der Waals surface area contributed by atoms with E-state index < -0.39 is 0 Å². The van der Waals surface area contributed by atoms with E-state index in [1.165, 1.54) is 11.8 Å². The van der Waals surface area contributed by atoms with Crippen LogP contribution >= 0.6 is 11.8 Å². The molecule has 0 aromatic heterocycles. The first kappa shape index (κ1) is 11.0. The van der Waals surface area contributed by atoms with Gasteiger partial charge >= 0.3 is 0 Å². The van der Waals surface area contributed by atoms with Crippen LogP contribution in [0.15, 0.2) is 27.1 Å². The van der Waals surface area contributed by atoms with Crippen LogP contribution in [-0.4, -0.2) is 29.7 Å². The van der Waals surface area contributed by atoms with Gasteiger partial charge < -0.3 is 0 Å². The summed E-state index contributed by atoms with van der Waals surface area (Å²) in [5.74, 6) is 0.718. The van der Waals surface area contributed by atoms with E-state index in [4.69, 9.17) is 0 Å². The van der Waals surface area contributed by atoms with Crippen molar-refractivity contribution in [3.63, 3.8) is 0 Å². The van der Waals surface area contributed by atoms with Crippen molar-refractivity contribution in [1.29, 1.82) is 0 Å². The number of nitrogens with one attached hydrogen (secondary N) is 1. The fraction of sp³-hybridized carbons (Fsp3) is 0.444. The summed E-state index contributed by atoms with van der Waals surface area (Å²) in [6, 6.07) is 0.119. The van der Waals surface area contributed by atoms with Crippen molar-refractivity contribution in [2.75, 3.05) is 7.05 Å². The number of hydrogen-bond acceptors (Lipinski definition) is 5. The molecule has 1 atom stereocenters. The Morgan fingerprint density at radius 2 is 2.43 bits per heavy atom. The maximum atomic E-state index is 4.43. The van der Waals surface area contributed by atoms with Gasteiger partial charge in [0.25, 0.3) is 0 Å². The molecule has 0 saturated heterocycles. The van der Waals surface area contributed by atoms with Crippen LogP contribution in [0.3, 0.4) is 0 Å². The van der Waals surface area contributed by atoms with E-state index in [9.17, 15) is 0 Å². The van der Waals surface area contributed by atoms with E-state index in [1.54, 1.807) is 12.5 Å². The van der Waals surface area contributed by atoms with Crippen LogP contribution in [0.4, 0.5) is 0 Å². The van der Waals surface area contributed by atoms with Gasteiger partial charge in [-0.1, -0.05) is 18.3 Å². The smallest absolute Gasteiger partial charge is 0.175 e. The lowest BCUT2D eigenvalue weighted by atomic mass is 10.2. The van der Waals surface area contributed by atoms with Crippen LogP contribution in [0.5, 0.6) is 0 Å². The SMILES string of the molecule is C=CS/C(=N\C)C1=NC(C)C(C)=NN1. The van der Waals surface area contributed by atoms with Crippen LogP contribution in [0.2, 0.25) is 0 Å². The van der Waals surface area contributed by atoms with E-state index in [0.29, 0.717) is 0 Å². The van der Waals surface area contributed by atoms with Crippen molar-refractivity contribution >= 4 is 28.4 Å². The molecule has 1 heterocycles. The minimum Gasteiger partial charge on any atom is -0.278 e. The van der Waals surface area contributed by atoms with Gasteiger partial charge in [0.1, 0.15) is 5.04 Å². The van der Waals surface area contributed by atoms with Gasteiger partial charge in [-0.3, -0.25) is 15.4 Å². The van der Waals surface area contributed by atoms with Crippen molar-refractivity contribution in [3.8, 4) is 0 Å². The summed E-state index contributed by atoms with van der Waals surface area (Å²) in [7, 11) is 1.73. The Bertz CT molecular complexity index is 317. The highest BCUT2D eigenvalue weighted by Gasteiger charge is 2.15. The molecule has 0 amide bonds. The minimum absolute atomic E-state index is 0.119. The van der Waals surface area contributed by atoms with Gasteiger partial charge in [0.2, 0.25) is 0 Å². The summed E-state index contributed by atoms with van der Waals surface area (Å²) in [4.78, 5) is 8.54. The first-order chi connectivity index (χ1) is 6.69. The summed E-state index contributed by atoms with van der Waals surface area (Å²) < 4.78 is 0. The molecule has 0 fully saturated rings. The van der Waals surface area contributed by atoms with Gasteiger partial charge in [0, 0.05) is 7.05 Å². The largest absolute Gasteiger partial charge is 0.278 e. The number of hydrogen-bond donors (Lipinski definition) is 1. The summed E-state index contributed by atoms with van der Waals surface area (Å²) in [6.07, 6.45) is 0. The summed E-state index contributed by atoms with van der Waals surface area (Å²) in [6.45, 7) is 7.59. The number of hydrazone groups is 1. The van der Waals surface area contributed by atoms with Gasteiger partial charge in [0.05, 0.1) is 11.8 Å². The van der Waals surface area contributed by atoms with Crippen molar-refractivity contribution in [2.45, 2.75) is 19.9 Å². The normalized spacial score (nSPS) is 22.2. The molecule has 0 aromatic rings. The van der Waals surface area contributed by atoms with E-state index in [-0.39, 0.29) is 6.04 Å². The van der Waals surface area contributed by atoms with Crippen molar-refractivity contribution in [1.82, 2.24) is 5.43 Å². The molecule has 5 heteroatoms. The quantitative estimate of drug-likeness (QED) is 0.556. The molecule has 0 saturated carbocycles. The van der Waals surface area contributed by atoms with Crippen molar-refractivity contribution in [2.24, 2.45) is 15.1 Å². The number of nitrogens with zero attached hydrogens (tertiary/aromatic N) is 3. The summed E-state index contributed by atoms with van der Waals surface area (Å²) in [5, 5.41) is 6.68. The molecular formula is C9H14N4S. The van der Waals surface area contributed by atoms with Crippen molar-refractivity contribution in [3.05, 3.63) is 12.0 Å². The maximum Gasteiger partial charge on any atom is 0.175 e. The molecule has 0 aromatic carbocycles. The Kier molecular flexibility index (Phi) is 3.88. The van der Waals surface area contributed by atoms with E-state index in [1.807, 2.05) is 13.8 Å². The third-order valence-electron chi connectivity index (χ3n) is 1.87. The fourth-order valence-corrected chi connectivity index (χ4v) is 1.42. The molecule has 0 spiro atoms. The fourth-order valence-electron chi connectivity index (χ4n) is 0.947. The van der Waals surface area contributed by atoms with E-state index >= 15 is 0 Å². The average Bonchev–Trinajstić information content (AvgIpc) is 2.19. The Morgan fingerprint density at radius 1 is 1.71 bits per heavy atom. The maximum absolute atomic E-state index is 4.43. The Morgan fingerprint density at radius 3 is 2.93 bits per heavy atom. The molecule has 1 unspecified atom stereocenters. The first-order valence-electron chi connectivity index (χ1n) is 4.31. The second kappa shape index (κ2) is 4.95. The van der Waals surface area contributed by atoms with Crippen molar-refractivity contribution < 1.29 is 0 Å². The minimum atomic E-state index is 0.119. The Hall–Kier alpha value is -1.10. The molecule has 4 nitrogen and oxygen atoms in total. The third-order valence-corrected chi connectivity index (χ3v) is 2.63. The summed E-state index contributed by atoms with van der Waals surface area (Å²) in [5.41, 5.74) is 3.85. The van der Waals surface area contributed by atoms with E-state index in [2.05, 4.69) is 27.1 Å². The molecule has 1 N–H and O–H groups in total. The van der Waals surface area contributed by atoms with Gasteiger partial charge in [-0.15, -0.1) is 0 Å². The van der Waals surface area contributed by atoms with Gasteiger partial charge in [-0.25, -0.2) is 0 Å². The predicted molar refractivity (Wildman–Crippen MR) is 64.3 cm³/mol. The number of thioether (sulfide) groups is 1. The monoisotopic (exact) mass is 210 g/mol. The lowest BCUT2D eigenvalue weighted by Gasteiger charge is -2.16. The lowest BCUT2D eigenvalue weighted by molar-refractivity contribution is 0.872. The molecule has 0 aliphatic carbocycles. The zero-order chi connectivity index (χ0) is 10.6. The number of amidine groups is 1.